The van der Waals surface area contributed by atoms with Crippen molar-refractivity contribution in [3.8, 4) is 5.75 Å². The standard InChI is InChI=1S/C19H15BN2O5/c23-17(11-4-5-15-16(9-11)22-7-6-21-15)10-13-8-12-2-1-3-14(19(24)25)18(12)27-20(13)26/h1-7,9,13,26H,8,10H2,(H,24,25)/t13-/m1/s1. The second-order valence-corrected chi connectivity index (χ2v) is 6.46. The minimum absolute atomic E-state index is 0.00410. The molecular formula is C19H15BN2O5. The molecule has 0 aliphatic carbocycles. The summed E-state index contributed by atoms with van der Waals surface area (Å²) in [5, 5.41) is 19.5. The van der Waals surface area contributed by atoms with Gasteiger partial charge >= 0.3 is 13.1 Å². The molecule has 1 atom stereocenters. The van der Waals surface area contributed by atoms with Gasteiger partial charge in [-0.05, 0) is 36.2 Å². The van der Waals surface area contributed by atoms with Crippen LogP contribution in [0.5, 0.6) is 5.75 Å². The van der Waals surface area contributed by atoms with E-state index in [0.29, 0.717) is 28.6 Å². The molecule has 0 unspecified atom stereocenters. The van der Waals surface area contributed by atoms with Gasteiger partial charge in [0.15, 0.2) is 5.78 Å². The van der Waals surface area contributed by atoms with Gasteiger partial charge in [0.2, 0.25) is 0 Å². The van der Waals surface area contributed by atoms with E-state index in [9.17, 15) is 19.7 Å². The molecule has 1 aromatic heterocycles. The van der Waals surface area contributed by atoms with Crippen LogP contribution in [0, 0.1) is 0 Å². The molecule has 27 heavy (non-hydrogen) atoms. The lowest BCUT2D eigenvalue weighted by Crippen LogP contribution is -2.35. The summed E-state index contributed by atoms with van der Waals surface area (Å²) in [5.41, 5.74) is 2.48. The molecule has 0 amide bonds. The Balaban J connectivity index is 1.56. The highest BCUT2D eigenvalue weighted by atomic mass is 16.5. The number of fused-ring (bicyclic) bond motifs is 2. The second-order valence-electron chi connectivity index (χ2n) is 6.46. The molecule has 0 saturated heterocycles. The summed E-state index contributed by atoms with van der Waals surface area (Å²) < 4.78 is 5.44. The van der Waals surface area contributed by atoms with Gasteiger partial charge in [-0.1, -0.05) is 12.1 Å². The molecule has 0 spiro atoms. The van der Waals surface area contributed by atoms with Crippen molar-refractivity contribution in [3.63, 3.8) is 0 Å². The third kappa shape index (κ3) is 3.27. The number of benzene rings is 2. The predicted octanol–water partition coefficient (Wildman–Crippen LogP) is 2.39. The topological polar surface area (TPSA) is 110 Å². The lowest BCUT2D eigenvalue weighted by atomic mass is 9.64. The number of carboxylic acid groups (broad SMARTS) is 1. The van der Waals surface area contributed by atoms with Crippen molar-refractivity contribution in [3.05, 3.63) is 65.5 Å². The van der Waals surface area contributed by atoms with Crippen LogP contribution in [0.2, 0.25) is 5.82 Å². The highest BCUT2D eigenvalue weighted by molar-refractivity contribution is 6.47. The van der Waals surface area contributed by atoms with Crippen LogP contribution in [0.1, 0.15) is 32.7 Å². The van der Waals surface area contributed by atoms with Gasteiger partial charge in [-0.2, -0.15) is 0 Å². The first kappa shape index (κ1) is 17.2. The molecule has 0 fully saturated rings. The van der Waals surface area contributed by atoms with E-state index < -0.39 is 18.9 Å². The molecule has 2 aromatic carbocycles. The van der Waals surface area contributed by atoms with Crippen molar-refractivity contribution in [2.24, 2.45) is 0 Å². The highest BCUT2D eigenvalue weighted by Gasteiger charge is 2.37. The van der Waals surface area contributed by atoms with Crippen LogP contribution < -0.4 is 4.65 Å². The molecule has 2 heterocycles. The second kappa shape index (κ2) is 6.81. The van der Waals surface area contributed by atoms with Crippen LogP contribution in [0.15, 0.2) is 48.8 Å². The fraction of sp³-hybridized carbons (Fsp3) is 0.158. The predicted molar refractivity (Wildman–Crippen MR) is 97.9 cm³/mol. The normalized spacial score (nSPS) is 15.9. The molecular weight excluding hydrogens is 347 g/mol. The molecule has 8 heteroatoms. The fourth-order valence-electron chi connectivity index (χ4n) is 3.32. The lowest BCUT2D eigenvalue weighted by molar-refractivity contribution is 0.0693. The number of ketones is 1. The minimum atomic E-state index is -1.25. The van der Waals surface area contributed by atoms with Gasteiger partial charge in [0.1, 0.15) is 5.75 Å². The zero-order chi connectivity index (χ0) is 19.0. The Morgan fingerprint density at radius 2 is 1.93 bits per heavy atom. The molecule has 4 rings (SSSR count). The number of rotatable bonds is 4. The van der Waals surface area contributed by atoms with Crippen molar-refractivity contribution >= 4 is 29.9 Å². The molecule has 2 N–H and O–H groups in total. The van der Waals surface area contributed by atoms with Gasteiger partial charge < -0.3 is 14.8 Å². The number of carbonyl (C=O) groups excluding carboxylic acids is 1. The number of nitrogens with zero attached hydrogens (tertiary/aromatic N) is 2. The maximum absolute atomic E-state index is 12.7. The number of aromatic nitrogens is 2. The Morgan fingerprint density at radius 1 is 1.15 bits per heavy atom. The van der Waals surface area contributed by atoms with E-state index in [-0.39, 0.29) is 23.5 Å². The largest absolute Gasteiger partial charge is 0.535 e. The molecule has 1 aliphatic heterocycles. The molecule has 3 aromatic rings. The molecule has 7 nitrogen and oxygen atoms in total. The van der Waals surface area contributed by atoms with Gasteiger partial charge in [0.25, 0.3) is 0 Å². The number of hydrogen-bond donors (Lipinski definition) is 2. The maximum Gasteiger partial charge on any atom is 0.526 e. The summed E-state index contributed by atoms with van der Waals surface area (Å²) >= 11 is 0. The fourth-order valence-corrected chi connectivity index (χ4v) is 3.32. The molecule has 134 valence electrons. The summed E-state index contributed by atoms with van der Waals surface area (Å²) in [4.78, 5) is 32.4. The van der Waals surface area contributed by atoms with Crippen molar-refractivity contribution < 1.29 is 24.4 Å². The monoisotopic (exact) mass is 362 g/mol. The Bertz CT molecular complexity index is 1060. The Hall–Kier alpha value is -3.26. The number of carboxylic acids is 1. The summed E-state index contributed by atoms with van der Waals surface area (Å²) in [6.45, 7) is 0. The van der Waals surface area contributed by atoms with E-state index >= 15 is 0 Å². The van der Waals surface area contributed by atoms with Crippen LogP contribution in [0.4, 0.5) is 0 Å². The number of hydrogen-bond acceptors (Lipinski definition) is 6. The van der Waals surface area contributed by atoms with Crippen molar-refractivity contribution in [2.75, 3.05) is 0 Å². The van der Waals surface area contributed by atoms with E-state index in [2.05, 4.69) is 9.97 Å². The summed E-state index contributed by atoms with van der Waals surface area (Å²) in [7, 11) is -1.25. The van der Waals surface area contributed by atoms with Crippen molar-refractivity contribution in [1.29, 1.82) is 0 Å². The van der Waals surface area contributed by atoms with Crippen LogP contribution in [-0.4, -0.2) is 39.0 Å². The first-order valence-electron chi connectivity index (χ1n) is 8.47. The summed E-state index contributed by atoms with van der Waals surface area (Å²) in [5.74, 6) is -1.56. The van der Waals surface area contributed by atoms with Crippen LogP contribution in [0.25, 0.3) is 11.0 Å². The number of aromatic carboxylic acids is 1. The van der Waals surface area contributed by atoms with Gasteiger partial charge in [-0.25, -0.2) is 4.79 Å². The van der Waals surface area contributed by atoms with E-state index in [1.807, 2.05) is 0 Å². The first-order chi connectivity index (χ1) is 13.0. The average molecular weight is 362 g/mol. The van der Waals surface area contributed by atoms with Crippen LogP contribution in [-0.2, 0) is 6.42 Å². The first-order valence-corrected chi connectivity index (χ1v) is 8.47. The van der Waals surface area contributed by atoms with Gasteiger partial charge in [-0.15, -0.1) is 0 Å². The highest BCUT2D eigenvalue weighted by Crippen LogP contribution is 2.36. The SMILES string of the molecule is O=C(C[C@H]1Cc2cccc(C(=O)O)c2OB1O)c1ccc2nccnc2c1. The zero-order valence-corrected chi connectivity index (χ0v) is 14.2. The van der Waals surface area contributed by atoms with Crippen molar-refractivity contribution in [1.82, 2.24) is 9.97 Å². The van der Waals surface area contributed by atoms with Gasteiger partial charge in [-0.3, -0.25) is 14.8 Å². The lowest BCUT2D eigenvalue weighted by Gasteiger charge is -2.28. The number of carbonyl (C=O) groups is 2. The molecule has 0 bridgehead atoms. The van der Waals surface area contributed by atoms with E-state index in [0.717, 1.165) is 0 Å². The Labute approximate surface area is 154 Å². The van der Waals surface area contributed by atoms with E-state index in [1.165, 1.54) is 6.07 Å². The third-order valence-corrected chi connectivity index (χ3v) is 4.69. The number of para-hydroxylation sites is 1. The van der Waals surface area contributed by atoms with Gasteiger partial charge in [0.05, 0.1) is 16.6 Å². The minimum Gasteiger partial charge on any atom is -0.535 e. The Kier molecular flexibility index (Phi) is 4.33. The van der Waals surface area contributed by atoms with Crippen molar-refractivity contribution in [2.45, 2.75) is 18.7 Å². The average Bonchev–Trinajstić information content (AvgIpc) is 2.67. The summed E-state index contributed by atoms with van der Waals surface area (Å²) in [6.07, 6.45) is 3.58. The van der Waals surface area contributed by atoms with Gasteiger partial charge in [0, 0.05) is 30.2 Å². The molecule has 0 saturated carbocycles. The van der Waals surface area contributed by atoms with E-state index in [4.69, 9.17) is 4.65 Å². The zero-order valence-electron chi connectivity index (χ0n) is 14.2. The molecule has 1 aliphatic rings. The quantitative estimate of drug-likeness (QED) is 0.542. The number of Topliss-reactive ketones (excluding diaryl/α,β-unsaturated/α-hetero) is 1. The smallest absolute Gasteiger partial charge is 0.526 e. The van der Waals surface area contributed by atoms with E-state index in [1.54, 1.807) is 42.7 Å². The molecule has 0 radical (unpaired) electrons. The summed E-state index contributed by atoms with van der Waals surface area (Å²) in [6, 6.07) is 9.90. The van der Waals surface area contributed by atoms with Crippen LogP contribution in [0.3, 0.4) is 0 Å². The Morgan fingerprint density at radius 3 is 2.70 bits per heavy atom. The maximum atomic E-state index is 12.7. The van der Waals surface area contributed by atoms with Crippen LogP contribution >= 0.6 is 0 Å². The third-order valence-electron chi connectivity index (χ3n) is 4.69.